The van der Waals surface area contributed by atoms with Crippen LogP contribution in [0.15, 0.2) is 12.3 Å². The SMILES string of the molecule is CCn1ccc(C(=O)N2CC(CF)C(c3nc(C4CCCCC4)n[nH]3)C2)n1. The highest BCUT2D eigenvalue weighted by atomic mass is 19.1. The van der Waals surface area contributed by atoms with E-state index in [1.807, 2.05) is 6.92 Å². The van der Waals surface area contributed by atoms with Crippen LogP contribution >= 0.6 is 0 Å². The predicted molar refractivity (Wildman–Crippen MR) is 98.2 cm³/mol. The molecule has 7 nitrogen and oxygen atoms in total. The number of likely N-dealkylation sites (tertiary alicyclic amines) is 1. The van der Waals surface area contributed by atoms with Crippen LogP contribution in [0.4, 0.5) is 4.39 Å². The second kappa shape index (κ2) is 7.78. The van der Waals surface area contributed by atoms with Gasteiger partial charge in [0.2, 0.25) is 0 Å². The minimum absolute atomic E-state index is 0.142. The van der Waals surface area contributed by atoms with E-state index in [9.17, 15) is 9.18 Å². The van der Waals surface area contributed by atoms with E-state index < -0.39 is 6.67 Å². The summed E-state index contributed by atoms with van der Waals surface area (Å²) >= 11 is 0. The molecular formula is C19H27FN6O. The Morgan fingerprint density at radius 2 is 2.11 bits per heavy atom. The second-order valence-corrected chi connectivity index (χ2v) is 7.70. The molecule has 1 amide bonds. The summed E-state index contributed by atoms with van der Waals surface area (Å²) in [5.41, 5.74) is 0.413. The Balaban J connectivity index is 1.48. The van der Waals surface area contributed by atoms with Crippen LogP contribution in [-0.2, 0) is 6.54 Å². The lowest BCUT2D eigenvalue weighted by Crippen LogP contribution is -2.29. The Kier molecular flexibility index (Phi) is 5.22. The fourth-order valence-electron chi connectivity index (χ4n) is 4.31. The molecule has 2 aromatic heterocycles. The summed E-state index contributed by atoms with van der Waals surface area (Å²) in [5.74, 6) is 1.44. The lowest BCUT2D eigenvalue weighted by Gasteiger charge is -2.18. The molecule has 2 fully saturated rings. The van der Waals surface area contributed by atoms with Crippen LogP contribution in [0.1, 0.15) is 73.0 Å². The fourth-order valence-corrected chi connectivity index (χ4v) is 4.31. The van der Waals surface area contributed by atoms with Crippen molar-refractivity contribution in [3.05, 3.63) is 29.6 Å². The van der Waals surface area contributed by atoms with Crippen LogP contribution in [-0.4, -0.2) is 55.5 Å². The van der Waals surface area contributed by atoms with Crippen LogP contribution in [0.5, 0.6) is 0 Å². The molecule has 2 atom stereocenters. The molecule has 1 aliphatic heterocycles. The summed E-state index contributed by atoms with van der Waals surface area (Å²) in [7, 11) is 0. The molecule has 4 rings (SSSR count). The molecule has 1 N–H and O–H groups in total. The summed E-state index contributed by atoms with van der Waals surface area (Å²) < 4.78 is 15.4. The molecule has 0 radical (unpaired) electrons. The number of aryl methyl sites for hydroxylation is 1. The maximum atomic E-state index is 13.7. The Morgan fingerprint density at radius 3 is 2.81 bits per heavy atom. The number of nitrogens with zero attached hydrogens (tertiary/aromatic N) is 5. The Hall–Kier alpha value is -2.25. The quantitative estimate of drug-likeness (QED) is 0.873. The number of H-pyrrole nitrogens is 1. The van der Waals surface area contributed by atoms with E-state index in [-0.39, 0.29) is 17.7 Å². The van der Waals surface area contributed by atoms with Crippen molar-refractivity contribution in [1.29, 1.82) is 0 Å². The molecule has 1 saturated heterocycles. The largest absolute Gasteiger partial charge is 0.336 e. The van der Waals surface area contributed by atoms with Crippen molar-refractivity contribution >= 4 is 5.91 Å². The predicted octanol–water partition coefficient (Wildman–Crippen LogP) is 2.89. The number of carbonyl (C=O) groups is 1. The summed E-state index contributed by atoms with van der Waals surface area (Å²) in [5, 5.41) is 11.7. The van der Waals surface area contributed by atoms with Gasteiger partial charge >= 0.3 is 0 Å². The van der Waals surface area contributed by atoms with Crippen molar-refractivity contribution < 1.29 is 9.18 Å². The Labute approximate surface area is 158 Å². The molecule has 0 spiro atoms. The molecule has 3 heterocycles. The van der Waals surface area contributed by atoms with Gasteiger partial charge in [-0.3, -0.25) is 19.0 Å². The van der Waals surface area contributed by atoms with E-state index in [0.29, 0.717) is 37.1 Å². The normalized spacial score (nSPS) is 23.9. The van der Waals surface area contributed by atoms with Crippen LogP contribution in [0.2, 0.25) is 0 Å². The molecule has 0 aromatic carbocycles. The van der Waals surface area contributed by atoms with Crippen molar-refractivity contribution in [2.45, 2.75) is 57.4 Å². The zero-order valence-electron chi connectivity index (χ0n) is 15.8. The second-order valence-electron chi connectivity index (χ2n) is 7.70. The van der Waals surface area contributed by atoms with Crippen molar-refractivity contribution in [3.8, 4) is 0 Å². The lowest BCUT2D eigenvalue weighted by molar-refractivity contribution is 0.0777. The first-order valence-corrected chi connectivity index (χ1v) is 10.0. The van der Waals surface area contributed by atoms with E-state index in [4.69, 9.17) is 4.98 Å². The van der Waals surface area contributed by atoms with Gasteiger partial charge < -0.3 is 4.90 Å². The molecule has 8 heteroatoms. The highest BCUT2D eigenvalue weighted by Gasteiger charge is 2.39. The van der Waals surface area contributed by atoms with Crippen molar-refractivity contribution in [2.75, 3.05) is 19.8 Å². The van der Waals surface area contributed by atoms with Crippen molar-refractivity contribution in [1.82, 2.24) is 29.9 Å². The molecule has 2 unspecified atom stereocenters. The number of alkyl halides is 1. The number of aromatic nitrogens is 5. The van der Waals surface area contributed by atoms with Gasteiger partial charge in [-0.15, -0.1) is 0 Å². The number of aromatic amines is 1. The Bertz CT molecular complexity index is 781. The molecule has 1 aliphatic carbocycles. The maximum Gasteiger partial charge on any atom is 0.274 e. The van der Waals surface area contributed by atoms with E-state index in [1.54, 1.807) is 21.8 Å². The number of hydrogen-bond donors (Lipinski definition) is 1. The summed E-state index contributed by atoms with van der Waals surface area (Å²) in [6, 6.07) is 1.72. The first kappa shape index (κ1) is 18.1. The monoisotopic (exact) mass is 374 g/mol. The number of hydrogen-bond acceptors (Lipinski definition) is 4. The zero-order chi connectivity index (χ0) is 18.8. The Morgan fingerprint density at radius 1 is 1.30 bits per heavy atom. The summed E-state index contributed by atoms with van der Waals surface area (Å²) in [4.78, 5) is 19.1. The fraction of sp³-hybridized carbons (Fsp3) is 0.684. The average Bonchev–Trinajstić information content (AvgIpc) is 3.46. The number of rotatable bonds is 5. The topological polar surface area (TPSA) is 79.7 Å². The van der Waals surface area contributed by atoms with Gasteiger partial charge in [0.25, 0.3) is 5.91 Å². The van der Waals surface area contributed by atoms with E-state index in [0.717, 1.165) is 18.7 Å². The first-order chi connectivity index (χ1) is 13.2. The minimum Gasteiger partial charge on any atom is -0.336 e. The standard InChI is InChI=1S/C19H27FN6O/c1-2-26-9-8-16(24-26)19(27)25-11-14(10-20)15(12-25)18-21-17(22-23-18)13-6-4-3-5-7-13/h8-9,13-15H,2-7,10-12H2,1H3,(H,21,22,23). The van der Waals surface area contributed by atoms with Crippen molar-refractivity contribution in [3.63, 3.8) is 0 Å². The zero-order valence-corrected chi connectivity index (χ0v) is 15.8. The number of halogens is 1. The third-order valence-electron chi connectivity index (χ3n) is 5.95. The first-order valence-electron chi connectivity index (χ1n) is 10.0. The molecule has 0 bridgehead atoms. The van der Waals surface area contributed by atoms with Gasteiger partial charge in [0.15, 0.2) is 5.82 Å². The summed E-state index contributed by atoms with van der Waals surface area (Å²) in [6.07, 6.45) is 7.76. The van der Waals surface area contributed by atoms with Crippen LogP contribution < -0.4 is 0 Å². The van der Waals surface area contributed by atoms with Crippen LogP contribution in [0.3, 0.4) is 0 Å². The van der Waals surface area contributed by atoms with Gasteiger partial charge in [0.1, 0.15) is 11.5 Å². The van der Waals surface area contributed by atoms with Crippen LogP contribution in [0.25, 0.3) is 0 Å². The lowest BCUT2D eigenvalue weighted by atomic mass is 9.89. The maximum absolute atomic E-state index is 13.7. The molecular weight excluding hydrogens is 347 g/mol. The summed E-state index contributed by atoms with van der Waals surface area (Å²) in [6.45, 7) is 3.05. The molecule has 1 saturated carbocycles. The third-order valence-corrected chi connectivity index (χ3v) is 5.95. The number of carbonyl (C=O) groups excluding carboxylic acids is 1. The van der Waals surface area contributed by atoms with Gasteiger partial charge in [0, 0.05) is 43.6 Å². The van der Waals surface area contributed by atoms with Gasteiger partial charge in [-0.05, 0) is 25.8 Å². The van der Waals surface area contributed by atoms with Gasteiger partial charge in [-0.25, -0.2) is 4.98 Å². The van der Waals surface area contributed by atoms with E-state index in [2.05, 4.69) is 15.3 Å². The van der Waals surface area contributed by atoms with Gasteiger partial charge in [-0.2, -0.15) is 10.2 Å². The number of nitrogens with one attached hydrogen (secondary N) is 1. The molecule has 27 heavy (non-hydrogen) atoms. The highest BCUT2D eigenvalue weighted by molar-refractivity contribution is 5.92. The molecule has 2 aromatic rings. The highest BCUT2D eigenvalue weighted by Crippen LogP contribution is 2.34. The van der Waals surface area contributed by atoms with Gasteiger partial charge in [0.05, 0.1) is 6.67 Å². The smallest absolute Gasteiger partial charge is 0.274 e. The molecule has 146 valence electrons. The van der Waals surface area contributed by atoms with E-state index >= 15 is 0 Å². The van der Waals surface area contributed by atoms with Gasteiger partial charge in [-0.1, -0.05) is 19.3 Å². The average molecular weight is 374 g/mol. The molecule has 2 aliphatic rings. The van der Waals surface area contributed by atoms with E-state index in [1.165, 1.54) is 19.3 Å². The number of amides is 1. The minimum atomic E-state index is -0.475. The third kappa shape index (κ3) is 3.61. The van der Waals surface area contributed by atoms with Crippen LogP contribution in [0, 0.1) is 5.92 Å². The van der Waals surface area contributed by atoms with Crippen molar-refractivity contribution in [2.24, 2.45) is 5.92 Å².